The van der Waals surface area contributed by atoms with Crippen molar-refractivity contribution in [2.24, 2.45) is 0 Å². The van der Waals surface area contributed by atoms with E-state index in [0.717, 1.165) is 12.1 Å². The number of rotatable bonds is 9. The Labute approximate surface area is 174 Å². The number of anilines is 2. The molecule has 2 N–H and O–H groups in total. The molecule has 0 aliphatic heterocycles. The van der Waals surface area contributed by atoms with Gasteiger partial charge in [0.05, 0.1) is 23.7 Å². The van der Waals surface area contributed by atoms with Gasteiger partial charge in [-0.2, -0.15) is 0 Å². The Hall–Kier alpha value is -3.03. The van der Waals surface area contributed by atoms with E-state index in [9.17, 15) is 4.79 Å². The fourth-order valence-corrected chi connectivity index (χ4v) is 2.80. The third-order valence-corrected chi connectivity index (χ3v) is 4.22. The first kappa shape index (κ1) is 20.7. The molecule has 0 fully saturated rings. The van der Waals surface area contributed by atoms with Crippen molar-refractivity contribution >= 4 is 29.0 Å². The van der Waals surface area contributed by atoms with Crippen LogP contribution in [0.4, 0.5) is 11.5 Å². The van der Waals surface area contributed by atoms with Crippen molar-refractivity contribution < 1.29 is 9.53 Å². The maximum atomic E-state index is 12.3. The van der Waals surface area contributed by atoms with Gasteiger partial charge < -0.3 is 15.4 Å². The van der Waals surface area contributed by atoms with Gasteiger partial charge in [0.2, 0.25) is 0 Å². The summed E-state index contributed by atoms with van der Waals surface area (Å²) in [7, 11) is 0. The number of ether oxygens (including phenoxy) is 1. The molecule has 3 aromatic rings. The maximum Gasteiger partial charge on any atom is 0.252 e. The topological polar surface area (TPSA) is 89.0 Å². The van der Waals surface area contributed by atoms with E-state index >= 15 is 0 Å². The summed E-state index contributed by atoms with van der Waals surface area (Å²) in [6.45, 7) is 3.78. The number of pyridine rings is 1. The second-order valence-electron chi connectivity index (χ2n) is 6.19. The molecule has 29 heavy (non-hydrogen) atoms. The van der Waals surface area contributed by atoms with Crippen molar-refractivity contribution in [3.63, 3.8) is 0 Å². The lowest BCUT2D eigenvalue weighted by Gasteiger charge is -2.09. The number of carbonyl (C=O) groups excluding carboxylic acids is 1. The molecule has 2 heterocycles. The molecular weight excluding hydrogens is 390 g/mol. The molecule has 7 nitrogen and oxygen atoms in total. The molecule has 0 aliphatic carbocycles. The SMILES string of the molecule is CCOCCCNC(=O)c1cncc(-c2cncc(Nc3cccc(Cl)c3)n2)c1. The van der Waals surface area contributed by atoms with E-state index in [-0.39, 0.29) is 5.91 Å². The minimum absolute atomic E-state index is 0.183. The van der Waals surface area contributed by atoms with Crippen molar-refractivity contribution in [1.82, 2.24) is 20.3 Å². The summed E-state index contributed by atoms with van der Waals surface area (Å²) in [6, 6.07) is 9.08. The van der Waals surface area contributed by atoms with Gasteiger partial charge in [0.1, 0.15) is 5.82 Å². The zero-order valence-electron chi connectivity index (χ0n) is 16.1. The number of nitrogens with one attached hydrogen (secondary N) is 2. The third kappa shape index (κ3) is 6.23. The van der Waals surface area contributed by atoms with Gasteiger partial charge >= 0.3 is 0 Å². The van der Waals surface area contributed by atoms with Crippen molar-refractivity contribution in [2.45, 2.75) is 13.3 Å². The fraction of sp³-hybridized carbons (Fsp3) is 0.238. The first-order valence-electron chi connectivity index (χ1n) is 9.31. The Balaban J connectivity index is 1.69. The number of hydrogen-bond acceptors (Lipinski definition) is 6. The van der Waals surface area contributed by atoms with Crippen LogP contribution in [-0.2, 0) is 4.74 Å². The molecule has 2 aromatic heterocycles. The molecular formula is C21H22ClN5O2. The number of aromatic nitrogens is 3. The average Bonchev–Trinajstić information content (AvgIpc) is 2.74. The zero-order valence-corrected chi connectivity index (χ0v) is 16.8. The first-order chi connectivity index (χ1) is 14.2. The number of hydrogen-bond donors (Lipinski definition) is 2. The van der Waals surface area contributed by atoms with Crippen molar-refractivity contribution in [2.75, 3.05) is 25.1 Å². The summed E-state index contributed by atoms with van der Waals surface area (Å²) in [5.41, 5.74) is 2.58. The number of carbonyl (C=O) groups is 1. The molecule has 0 bridgehead atoms. The van der Waals surface area contributed by atoms with E-state index in [1.54, 1.807) is 36.8 Å². The predicted molar refractivity (Wildman–Crippen MR) is 113 cm³/mol. The van der Waals surface area contributed by atoms with Crippen LogP contribution in [0.15, 0.2) is 55.1 Å². The highest BCUT2D eigenvalue weighted by atomic mass is 35.5. The average molecular weight is 412 g/mol. The summed E-state index contributed by atoms with van der Waals surface area (Å²) in [6.07, 6.45) is 7.19. The molecule has 0 radical (unpaired) electrons. The van der Waals surface area contributed by atoms with Crippen LogP contribution >= 0.6 is 11.6 Å². The quantitative estimate of drug-likeness (QED) is 0.515. The number of benzene rings is 1. The molecule has 3 rings (SSSR count). The molecule has 1 amide bonds. The van der Waals surface area contributed by atoms with E-state index in [4.69, 9.17) is 16.3 Å². The summed E-state index contributed by atoms with van der Waals surface area (Å²) in [5, 5.41) is 6.66. The van der Waals surface area contributed by atoms with Crippen LogP contribution in [0.25, 0.3) is 11.3 Å². The largest absolute Gasteiger partial charge is 0.382 e. The number of halogens is 1. The monoisotopic (exact) mass is 411 g/mol. The Morgan fingerprint density at radius 1 is 1.14 bits per heavy atom. The molecule has 8 heteroatoms. The van der Waals surface area contributed by atoms with Crippen LogP contribution in [0.1, 0.15) is 23.7 Å². The lowest BCUT2D eigenvalue weighted by molar-refractivity contribution is 0.0944. The Bertz CT molecular complexity index is 967. The highest BCUT2D eigenvalue weighted by molar-refractivity contribution is 6.30. The lowest BCUT2D eigenvalue weighted by atomic mass is 10.1. The summed E-state index contributed by atoms with van der Waals surface area (Å²) < 4.78 is 5.27. The normalized spacial score (nSPS) is 10.6. The highest BCUT2D eigenvalue weighted by Gasteiger charge is 2.09. The van der Waals surface area contributed by atoms with Crippen LogP contribution in [0.2, 0.25) is 5.02 Å². The van der Waals surface area contributed by atoms with Gasteiger partial charge in [0.15, 0.2) is 0 Å². The van der Waals surface area contributed by atoms with E-state index in [1.165, 1.54) is 6.20 Å². The molecule has 0 aliphatic rings. The summed E-state index contributed by atoms with van der Waals surface area (Å²) in [5.74, 6) is 0.382. The van der Waals surface area contributed by atoms with Crippen LogP contribution in [0, 0.1) is 0 Å². The van der Waals surface area contributed by atoms with Crippen LogP contribution in [-0.4, -0.2) is 40.6 Å². The van der Waals surface area contributed by atoms with E-state index in [0.29, 0.717) is 47.4 Å². The van der Waals surface area contributed by atoms with Gasteiger partial charge in [-0.3, -0.25) is 14.8 Å². The number of amides is 1. The lowest BCUT2D eigenvalue weighted by Crippen LogP contribution is -2.25. The van der Waals surface area contributed by atoms with E-state index < -0.39 is 0 Å². The molecule has 0 atom stereocenters. The second-order valence-corrected chi connectivity index (χ2v) is 6.63. The number of nitrogens with zero attached hydrogens (tertiary/aromatic N) is 3. The van der Waals surface area contributed by atoms with Crippen LogP contribution in [0.3, 0.4) is 0 Å². The van der Waals surface area contributed by atoms with Crippen LogP contribution < -0.4 is 10.6 Å². The van der Waals surface area contributed by atoms with Crippen molar-refractivity contribution in [3.05, 3.63) is 65.7 Å². The van der Waals surface area contributed by atoms with Gasteiger partial charge in [-0.05, 0) is 37.6 Å². The standard InChI is InChI=1S/C21H22ClN5O2/c1-2-29-8-4-7-25-21(28)16-9-15(11-23-12-16)19-13-24-14-20(27-19)26-18-6-3-5-17(22)10-18/h3,5-6,9-14H,2,4,7-8H2,1H3,(H,25,28)(H,26,27). The van der Waals surface area contributed by atoms with Crippen molar-refractivity contribution in [3.8, 4) is 11.3 Å². The second kappa shape index (κ2) is 10.5. The van der Waals surface area contributed by atoms with Gasteiger partial charge in [-0.15, -0.1) is 0 Å². The minimum atomic E-state index is -0.183. The third-order valence-electron chi connectivity index (χ3n) is 3.98. The first-order valence-corrected chi connectivity index (χ1v) is 9.69. The van der Waals surface area contributed by atoms with E-state index in [2.05, 4.69) is 25.6 Å². The van der Waals surface area contributed by atoms with Crippen LogP contribution in [0.5, 0.6) is 0 Å². The van der Waals surface area contributed by atoms with Gasteiger partial charge in [-0.25, -0.2) is 4.98 Å². The van der Waals surface area contributed by atoms with Crippen molar-refractivity contribution in [1.29, 1.82) is 0 Å². The molecule has 150 valence electrons. The van der Waals surface area contributed by atoms with E-state index in [1.807, 2.05) is 19.1 Å². The maximum absolute atomic E-state index is 12.3. The minimum Gasteiger partial charge on any atom is -0.382 e. The van der Waals surface area contributed by atoms with Gasteiger partial charge in [0.25, 0.3) is 5.91 Å². The predicted octanol–water partition coefficient (Wildman–Crippen LogP) is 4.09. The summed E-state index contributed by atoms with van der Waals surface area (Å²) >= 11 is 6.02. The Morgan fingerprint density at radius 3 is 2.83 bits per heavy atom. The molecule has 0 unspecified atom stereocenters. The molecule has 0 saturated heterocycles. The van der Waals surface area contributed by atoms with Gasteiger partial charge in [0, 0.05) is 48.4 Å². The van der Waals surface area contributed by atoms with Gasteiger partial charge in [-0.1, -0.05) is 17.7 Å². The smallest absolute Gasteiger partial charge is 0.252 e. The zero-order chi connectivity index (χ0) is 20.5. The molecule has 0 saturated carbocycles. The Kier molecular flexibility index (Phi) is 7.49. The summed E-state index contributed by atoms with van der Waals surface area (Å²) in [4.78, 5) is 25.3. The highest BCUT2D eigenvalue weighted by Crippen LogP contribution is 2.21. The molecule has 0 spiro atoms. The fourth-order valence-electron chi connectivity index (χ4n) is 2.61. The molecule has 1 aromatic carbocycles. The Morgan fingerprint density at radius 2 is 2.00 bits per heavy atom.